The molecule has 0 fully saturated rings. The van der Waals surface area contributed by atoms with Crippen molar-refractivity contribution in [2.24, 2.45) is 12.8 Å². The number of nitrogens with zero attached hydrogens (tertiary/aromatic N) is 3. The van der Waals surface area contributed by atoms with E-state index in [-0.39, 0.29) is 0 Å². The number of rotatable bonds is 7. The van der Waals surface area contributed by atoms with Gasteiger partial charge in [-0.15, -0.1) is 0 Å². The zero-order valence-electron chi connectivity index (χ0n) is 12.4. The van der Waals surface area contributed by atoms with Crippen LogP contribution in [0.15, 0.2) is 36.7 Å². The highest BCUT2D eigenvalue weighted by Gasteiger charge is 2.10. The van der Waals surface area contributed by atoms with Gasteiger partial charge in [-0.3, -0.25) is 0 Å². The van der Waals surface area contributed by atoms with Gasteiger partial charge < -0.3 is 15.2 Å². The molecule has 0 amide bonds. The van der Waals surface area contributed by atoms with Gasteiger partial charge in [-0.05, 0) is 31.5 Å². The lowest BCUT2D eigenvalue weighted by molar-refractivity contribution is 0.696. The van der Waals surface area contributed by atoms with Crippen molar-refractivity contribution in [3.63, 3.8) is 0 Å². The molecule has 0 aliphatic heterocycles. The van der Waals surface area contributed by atoms with Gasteiger partial charge in [0.25, 0.3) is 0 Å². The fraction of sp³-hybridized carbons (Fsp3) is 0.438. The molecule has 0 aliphatic carbocycles. The third-order valence-corrected chi connectivity index (χ3v) is 3.61. The molecule has 4 heteroatoms. The highest BCUT2D eigenvalue weighted by molar-refractivity contribution is 5.52. The Hall–Kier alpha value is -1.81. The molecule has 0 aliphatic rings. The van der Waals surface area contributed by atoms with Crippen LogP contribution in [0, 0.1) is 6.92 Å². The molecular formula is C16H24N4. The molecule has 1 aromatic carbocycles. The summed E-state index contributed by atoms with van der Waals surface area (Å²) in [5, 5.41) is 0. The Morgan fingerprint density at radius 2 is 2.05 bits per heavy atom. The van der Waals surface area contributed by atoms with Crippen LogP contribution in [0.25, 0.3) is 0 Å². The molecule has 0 spiro atoms. The van der Waals surface area contributed by atoms with Crippen LogP contribution in [0.4, 0.5) is 5.69 Å². The fourth-order valence-corrected chi connectivity index (χ4v) is 2.43. The molecule has 2 aromatic rings. The Kier molecular flexibility index (Phi) is 5.18. The second-order valence-electron chi connectivity index (χ2n) is 5.12. The summed E-state index contributed by atoms with van der Waals surface area (Å²) in [5.74, 6) is 1.12. The van der Waals surface area contributed by atoms with Crippen LogP contribution in [0.1, 0.15) is 17.8 Å². The van der Waals surface area contributed by atoms with Crippen molar-refractivity contribution < 1.29 is 0 Å². The maximum absolute atomic E-state index is 5.66. The molecule has 1 aromatic heterocycles. The Morgan fingerprint density at radius 3 is 2.70 bits per heavy atom. The normalized spacial score (nSPS) is 10.8. The fourth-order valence-electron chi connectivity index (χ4n) is 2.43. The van der Waals surface area contributed by atoms with Crippen LogP contribution in [-0.4, -0.2) is 29.2 Å². The minimum Gasteiger partial charge on any atom is -0.371 e. The van der Waals surface area contributed by atoms with Gasteiger partial charge in [0.05, 0.1) is 0 Å². The van der Waals surface area contributed by atoms with Crippen molar-refractivity contribution in [3.05, 3.63) is 48.0 Å². The summed E-state index contributed by atoms with van der Waals surface area (Å²) in [6.07, 6.45) is 5.80. The lowest BCUT2D eigenvalue weighted by Gasteiger charge is -2.26. The van der Waals surface area contributed by atoms with E-state index in [1.165, 1.54) is 11.3 Å². The van der Waals surface area contributed by atoms with Gasteiger partial charge in [-0.2, -0.15) is 0 Å². The predicted octanol–water partition coefficient (Wildman–Crippen LogP) is 2.13. The van der Waals surface area contributed by atoms with Gasteiger partial charge in [0.15, 0.2) is 0 Å². The Morgan fingerprint density at radius 1 is 1.25 bits per heavy atom. The first kappa shape index (κ1) is 14.6. The molecular weight excluding hydrogens is 248 g/mol. The average molecular weight is 272 g/mol. The first-order chi connectivity index (χ1) is 9.72. The minimum atomic E-state index is 0.727. The van der Waals surface area contributed by atoms with Crippen LogP contribution >= 0.6 is 0 Å². The number of aromatic nitrogens is 2. The van der Waals surface area contributed by atoms with E-state index in [4.69, 9.17) is 5.73 Å². The summed E-state index contributed by atoms with van der Waals surface area (Å²) in [6, 6.07) is 8.52. The van der Waals surface area contributed by atoms with Gasteiger partial charge in [-0.1, -0.05) is 18.2 Å². The van der Waals surface area contributed by atoms with Crippen molar-refractivity contribution in [1.29, 1.82) is 0 Å². The maximum atomic E-state index is 5.66. The van der Waals surface area contributed by atoms with E-state index in [0.29, 0.717) is 0 Å². The van der Waals surface area contributed by atoms with Crippen molar-refractivity contribution in [2.75, 3.05) is 24.5 Å². The van der Waals surface area contributed by atoms with Crippen LogP contribution in [0.2, 0.25) is 0 Å². The van der Waals surface area contributed by atoms with Crippen molar-refractivity contribution in [3.8, 4) is 0 Å². The van der Waals surface area contributed by atoms with Crippen molar-refractivity contribution in [1.82, 2.24) is 9.55 Å². The molecule has 0 unspecified atom stereocenters. The van der Waals surface area contributed by atoms with Gasteiger partial charge in [0.1, 0.15) is 5.82 Å². The van der Waals surface area contributed by atoms with Crippen LogP contribution in [-0.2, 0) is 13.5 Å². The molecule has 0 bridgehead atoms. The number of hydrogen-bond acceptors (Lipinski definition) is 3. The molecule has 108 valence electrons. The van der Waals surface area contributed by atoms with Gasteiger partial charge in [-0.25, -0.2) is 4.98 Å². The van der Waals surface area contributed by atoms with Crippen molar-refractivity contribution >= 4 is 5.69 Å². The molecule has 2 N–H and O–H groups in total. The van der Waals surface area contributed by atoms with E-state index < -0.39 is 0 Å². The molecule has 0 atom stereocenters. The topological polar surface area (TPSA) is 47.1 Å². The molecule has 0 saturated carbocycles. The number of nitrogens with two attached hydrogens (primary N) is 1. The van der Waals surface area contributed by atoms with Gasteiger partial charge in [0.2, 0.25) is 0 Å². The average Bonchev–Trinajstić information content (AvgIpc) is 2.86. The highest BCUT2D eigenvalue weighted by atomic mass is 15.1. The SMILES string of the molecule is Cc1ccccc1N(CCCN)CCc1nccn1C. The molecule has 4 nitrogen and oxygen atoms in total. The van der Waals surface area contributed by atoms with E-state index in [0.717, 1.165) is 38.3 Å². The first-order valence-electron chi connectivity index (χ1n) is 7.19. The molecule has 20 heavy (non-hydrogen) atoms. The van der Waals surface area contributed by atoms with Crippen LogP contribution in [0.5, 0.6) is 0 Å². The lowest BCUT2D eigenvalue weighted by atomic mass is 10.1. The second kappa shape index (κ2) is 7.10. The molecule has 2 rings (SSSR count). The number of imidazole rings is 1. The number of para-hydroxylation sites is 1. The summed E-state index contributed by atoms with van der Waals surface area (Å²) in [5.41, 5.74) is 8.28. The summed E-state index contributed by atoms with van der Waals surface area (Å²) >= 11 is 0. The molecule has 1 heterocycles. The molecule has 0 radical (unpaired) electrons. The number of hydrogen-bond donors (Lipinski definition) is 1. The lowest BCUT2D eigenvalue weighted by Crippen LogP contribution is -2.29. The number of anilines is 1. The Balaban J connectivity index is 2.08. The van der Waals surface area contributed by atoms with E-state index >= 15 is 0 Å². The Bertz CT molecular complexity index is 533. The van der Waals surface area contributed by atoms with Gasteiger partial charge in [0, 0.05) is 44.6 Å². The van der Waals surface area contributed by atoms with E-state index in [1.54, 1.807) is 0 Å². The minimum absolute atomic E-state index is 0.727. The maximum Gasteiger partial charge on any atom is 0.110 e. The smallest absolute Gasteiger partial charge is 0.110 e. The summed E-state index contributed by atoms with van der Waals surface area (Å²) < 4.78 is 2.08. The quantitative estimate of drug-likeness (QED) is 0.840. The second-order valence-corrected chi connectivity index (χ2v) is 5.12. The predicted molar refractivity (Wildman–Crippen MR) is 84.0 cm³/mol. The third-order valence-electron chi connectivity index (χ3n) is 3.61. The summed E-state index contributed by atoms with van der Waals surface area (Å²) in [6.45, 7) is 4.85. The largest absolute Gasteiger partial charge is 0.371 e. The van der Waals surface area contributed by atoms with Gasteiger partial charge >= 0.3 is 0 Å². The summed E-state index contributed by atoms with van der Waals surface area (Å²) in [7, 11) is 2.04. The zero-order chi connectivity index (χ0) is 14.4. The van der Waals surface area contributed by atoms with Crippen LogP contribution < -0.4 is 10.6 Å². The standard InChI is InChI=1S/C16H24N4/c1-14-6-3-4-7-15(14)20(11-5-9-17)12-8-16-18-10-13-19(16)2/h3-4,6-7,10,13H,5,8-9,11-12,17H2,1-2H3. The van der Waals surface area contributed by atoms with E-state index in [1.807, 2.05) is 19.4 Å². The molecule has 0 saturated heterocycles. The first-order valence-corrected chi connectivity index (χ1v) is 7.19. The van der Waals surface area contributed by atoms with Crippen LogP contribution in [0.3, 0.4) is 0 Å². The monoisotopic (exact) mass is 272 g/mol. The van der Waals surface area contributed by atoms with Crippen molar-refractivity contribution in [2.45, 2.75) is 19.8 Å². The van der Waals surface area contributed by atoms with E-state index in [9.17, 15) is 0 Å². The Labute approximate surface area is 121 Å². The zero-order valence-corrected chi connectivity index (χ0v) is 12.4. The van der Waals surface area contributed by atoms with E-state index in [2.05, 4.69) is 45.6 Å². The number of benzene rings is 1. The summed E-state index contributed by atoms with van der Waals surface area (Å²) in [4.78, 5) is 6.81. The third kappa shape index (κ3) is 3.61. The number of aryl methyl sites for hydroxylation is 2. The highest BCUT2D eigenvalue weighted by Crippen LogP contribution is 2.19.